The lowest BCUT2D eigenvalue weighted by Gasteiger charge is -2.11. The number of hydrogen-bond donors (Lipinski definition) is 2. The number of nitrogens with two attached hydrogens (primary N) is 1. The molecule has 3 N–H and O–H groups in total. The molecule has 1 amide bonds. The predicted octanol–water partition coefficient (Wildman–Crippen LogP) is 4.55. The highest BCUT2D eigenvalue weighted by Gasteiger charge is 2.36. The van der Waals surface area contributed by atoms with Crippen molar-refractivity contribution < 1.29 is 18.8 Å². The van der Waals surface area contributed by atoms with Gasteiger partial charge in [0, 0.05) is 40.4 Å². The summed E-state index contributed by atoms with van der Waals surface area (Å²) in [6, 6.07) is 7.62. The number of anilines is 2. The van der Waals surface area contributed by atoms with Crippen molar-refractivity contribution in [3.63, 3.8) is 0 Å². The fraction of sp³-hybridized carbons (Fsp3) is 0.261. The molecule has 3 aromatic heterocycles. The minimum Gasteiger partial charge on any atom is -0.397 e. The van der Waals surface area contributed by atoms with Gasteiger partial charge in [-0.3, -0.25) is 19.4 Å². The third-order valence-corrected chi connectivity index (χ3v) is 7.44. The van der Waals surface area contributed by atoms with E-state index < -0.39 is 0 Å². The van der Waals surface area contributed by atoms with E-state index in [1.54, 1.807) is 23.0 Å². The maximum absolute atomic E-state index is 12.9. The molecule has 0 bridgehead atoms. The SMILES string of the molecule is Cc1nc2sc(C(=O)Nc3c[n+](C4CC4)no3)c(N)c2c(C)c1CC(=O)c1ccc(Br)cc1. The number of nitrogens with one attached hydrogen (secondary N) is 1. The van der Waals surface area contributed by atoms with Crippen LogP contribution in [0.1, 0.15) is 55.7 Å². The molecule has 5 rings (SSSR count). The number of carbonyl (C=O) groups excluding carboxylic acids is 2. The Morgan fingerprint density at radius 2 is 2.00 bits per heavy atom. The summed E-state index contributed by atoms with van der Waals surface area (Å²) in [6.07, 6.45) is 4.01. The molecule has 0 aliphatic heterocycles. The quantitative estimate of drug-likeness (QED) is 0.281. The number of nitrogens with zero attached hydrogens (tertiary/aromatic N) is 3. The molecule has 0 spiro atoms. The van der Waals surface area contributed by atoms with Crippen LogP contribution in [0.2, 0.25) is 0 Å². The Hall–Kier alpha value is -3.11. The molecule has 0 unspecified atom stereocenters. The molecule has 4 aromatic rings. The second-order valence-electron chi connectivity index (χ2n) is 8.16. The minimum atomic E-state index is -0.376. The van der Waals surface area contributed by atoms with Gasteiger partial charge in [-0.2, -0.15) is 0 Å². The van der Waals surface area contributed by atoms with Gasteiger partial charge < -0.3 is 5.73 Å². The van der Waals surface area contributed by atoms with Crippen molar-refractivity contribution in [1.82, 2.24) is 10.3 Å². The Labute approximate surface area is 201 Å². The number of aryl methyl sites for hydroxylation is 2. The highest BCUT2D eigenvalue weighted by Crippen LogP contribution is 2.37. The number of carbonyl (C=O) groups is 2. The zero-order valence-corrected chi connectivity index (χ0v) is 20.4. The summed E-state index contributed by atoms with van der Waals surface area (Å²) in [7, 11) is 0. The van der Waals surface area contributed by atoms with Gasteiger partial charge in [0.2, 0.25) is 5.27 Å². The first-order chi connectivity index (χ1) is 15.8. The van der Waals surface area contributed by atoms with Crippen LogP contribution in [0, 0.1) is 13.8 Å². The fourth-order valence-electron chi connectivity index (χ4n) is 3.84. The number of ketones is 1. The van der Waals surface area contributed by atoms with Gasteiger partial charge in [0.05, 0.1) is 5.69 Å². The number of amides is 1. The number of benzene rings is 1. The molecule has 1 aliphatic rings. The molecular formula is C23H21BrN5O3S+. The van der Waals surface area contributed by atoms with Crippen LogP contribution < -0.4 is 15.7 Å². The third-order valence-electron chi connectivity index (χ3n) is 5.81. The summed E-state index contributed by atoms with van der Waals surface area (Å²) in [4.78, 5) is 31.5. The Kier molecular flexibility index (Phi) is 5.49. The normalized spacial score (nSPS) is 13.4. The van der Waals surface area contributed by atoms with Crippen LogP contribution in [0.4, 0.5) is 11.6 Å². The number of thiophene rings is 1. The second kappa shape index (κ2) is 8.35. The molecule has 33 heavy (non-hydrogen) atoms. The summed E-state index contributed by atoms with van der Waals surface area (Å²) in [5.41, 5.74) is 9.82. The molecule has 0 saturated heterocycles. The Bertz CT molecular complexity index is 1410. The number of Topliss-reactive ketones (excluding diaryl/α,β-unsaturated/α-hetero) is 1. The average molecular weight is 527 g/mol. The molecule has 1 fully saturated rings. The lowest BCUT2D eigenvalue weighted by atomic mass is 9.96. The topological polar surface area (TPSA) is 115 Å². The number of nitrogen functional groups attached to an aromatic ring is 1. The van der Waals surface area contributed by atoms with Gasteiger partial charge in [0.15, 0.2) is 11.8 Å². The van der Waals surface area contributed by atoms with Crippen molar-refractivity contribution in [2.45, 2.75) is 39.2 Å². The lowest BCUT2D eigenvalue weighted by molar-refractivity contribution is -0.765. The Morgan fingerprint density at radius 1 is 1.27 bits per heavy atom. The monoisotopic (exact) mass is 526 g/mol. The fourth-order valence-corrected chi connectivity index (χ4v) is 5.20. The van der Waals surface area contributed by atoms with E-state index in [0.29, 0.717) is 32.4 Å². The molecule has 1 aromatic carbocycles. The summed E-state index contributed by atoms with van der Waals surface area (Å²) >= 11 is 4.61. The van der Waals surface area contributed by atoms with Crippen LogP contribution in [0.3, 0.4) is 0 Å². The van der Waals surface area contributed by atoms with Gasteiger partial charge in [-0.05, 0) is 41.8 Å². The van der Waals surface area contributed by atoms with Crippen LogP contribution in [0.15, 0.2) is 39.5 Å². The van der Waals surface area contributed by atoms with E-state index >= 15 is 0 Å². The molecule has 0 atom stereocenters. The smallest absolute Gasteiger partial charge is 0.302 e. The van der Waals surface area contributed by atoms with Crippen LogP contribution in [-0.4, -0.2) is 21.9 Å². The van der Waals surface area contributed by atoms with Gasteiger partial charge in [0.1, 0.15) is 9.71 Å². The van der Waals surface area contributed by atoms with Gasteiger partial charge in [-0.1, -0.05) is 28.1 Å². The molecule has 168 valence electrons. The first kappa shape index (κ1) is 21.7. The van der Waals surface area contributed by atoms with Gasteiger partial charge >= 0.3 is 5.88 Å². The van der Waals surface area contributed by atoms with E-state index in [4.69, 9.17) is 10.3 Å². The van der Waals surface area contributed by atoms with Gasteiger partial charge in [-0.25, -0.2) is 4.98 Å². The van der Waals surface area contributed by atoms with E-state index in [9.17, 15) is 9.59 Å². The van der Waals surface area contributed by atoms with Crippen molar-refractivity contribution >= 4 is 60.7 Å². The van der Waals surface area contributed by atoms with E-state index in [2.05, 4.69) is 31.5 Å². The Morgan fingerprint density at radius 3 is 2.70 bits per heavy atom. The van der Waals surface area contributed by atoms with Crippen LogP contribution in [0.5, 0.6) is 0 Å². The average Bonchev–Trinajstić information content (AvgIpc) is 3.44. The summed E-state index contributed by atoms with van der Waals surface area (Å²) in [5, 5.41) is 7.37. The molecule has 1 aliphatic carbocycles. The molecule has 3 heterocycles. The number of rotatable bonds is 6. The number of fused-ring (bicyclic) bond motifs is 1. The number of pyridine rings is 1. The minimum absolute atomic E-state index is 0.00379. The first-order valence-corrected chi connectivity index (χ1v) is 12.1. The summed E-state index contributed by atoms with van der Waals surface area (Å²) in [6.45, 7) is 3.79. The first-order valence-electron chi connectivity index (χ1n) is 10.5. The van der Waals surface area contributed by atoms with Crippen LogP contribution in [-0.2, 0) is 6.42 Å². The molecule has 10 heteroatoms. The maximum Gasteiger partial charge on any atom is 0.302 e. The molecule has 1 saturated carbocycles. The second-order valence-corrected chi connectivity index (χ2v) is 10.1. The Balaban J connectivity index is 1.44. The third kappa shape index (κ3) is 4.16. The predicted molar refractivity (Wildman–Crippen MR) is 129 cm³/mol. The summed E-state index contributed by atoms with van der Waals surface area (Å²) in [5.74, 6) is -0.111. The highest BCUT2D eigenvalue weighted by molar-refractivity contribution is 9.10. The molecule has 8 nitrogen and oxygen atoms in total. The number of halogens is 1. The van der Waals surface area contributed by atoms with Crippen molar-refractivity contribution in [3.05, 3.63) is 62.2 Å². The van der Waals surface area contributed by atoms with Crippen molar-refractivity contribution in [1.29, 1.82) is 0 Å². The van der Waals surface area contributed by atoms with E-state index in [1.165, 1.54) is 11.3 Å². The van der Waals surface area contributed by atoms with Gasteiger partial charge in [0.25, 0.3) is 12.1 Å². The number of aromatic nitrogens is 3. The van der Waals surface area contributed by atoms with E-state index in [0.717, 1.165) is 34.1 Å². The van der Waals surface area contributed by atoms with E-state index in [-0.39, 0.29) is 24.0 Å². The largest absolute Gasteiger partial charge is 0.397 e. The zero-order valence-electron chi connectivity index (χ0n) is 18.0. The van der Waals surface area contributed by atoms with Crippen molar-refractivity contribution in [2.24, 2.45) is 0 Å². The van der Waals surface area contributed by atoms with Crippen LogP contribution >= 0.6 is 27.3 Å². The van der Waals surface area contributed by atoms with Crippen LogP contribution in [0.25, 0.3) is 10.2 Å². The molecular weight excluding hydrogens is 506 g/mol. The van der Waals surface area contributed by atoms with Crippen molar-refractivity contribution in [3.8, 4) is 0 Å². The number of hydrogen-bond acceptors (Lipinski definition) is 7. The van der Waals surface area contributed by atoms with Crippen molar-refractivity contribution in [2.75, 3.05) is 11.1 Å². The summed E-state index contributed by atoms with van der Waals surface area (Å²) < 4.78 is 7.85. The standard InChI is InChI=1S/C23H20BrN5O3S/c1-11-16(9-17(30)13-3-5-14(24)6-4-13)12(2)26-23-19(11)20(25)21(33-23)22(31)27-18-10-29(28-32-18)15-7-8-15/h3-6,10,15H,7-9H2,1-2H3,(H2-,25,27,28,31)/p+1. The van der Waals surface area contributed by atoms with E-state index in [1.807, 2.05) is 26.0 Å². The highest BCUT2D eigenvalue weighted by atomic mass is 79.9. The lowest BCUT2D eigenvalue weighted by Crippen LogP contribution is -2.32. The maximum atomic E-state index is 12.9. The zero-order chi connectivity index (χ0) is 23.3. The molecule has 0 radical (unpaired) electrons. The van der Waals surface area contributed by atoms with Gasteiger partial charge in [-0.15, -0.1) is 11.3 Å².